The highest BCUT2D eigenvalue weighted by Gasteiger charge is 2.39. The van der Waals surface area contributed by atoms with Crippen LogP contribution in [0.3, 0.4) is 0 Å². The molecule has 1 aliphatic heterocycles. The Morgan fingerprint density at radius 2 is 1.81 bits per heavy atom. The van der Waals surface area contributed by atoms with Crippen molar-refractivity contribution in [3.05, 3.63) is 65.7 Å². The van der Waals surface area contributed by atoms with Crippen LogP contribution in [0.15, 0.2) is 54.6 Å². The summed E-state index contributed by atoms with van der Waals surface area (Å²) < 4.78 is 0. The minimum Gasteiger partial charge on any atom is -0.508 e. The normalized spacial score (nSPS) is 18.3. The molecule has 1 saturated heterocycles. The summed E-state index contributed by atoms with van der Waals surface area (Å²) in [6, 6.07) is 16.0. The first-order valence-electron chi connectivity index (χ1n) is 6.82. The number of rotatable bonds is 3. The Balaban J connectivity index is 1.81. The lowest BCUT2D eigenvalue weighted by atomic mass is 9.98. The second-order valence-electron chi connectivity index (χ2n) is 5.16. The highest BCUT2D eigenvalue weighted by atomic mass is 16.3. The molecule has 4 heteroatoms. The van der Waals surface area contributed by atoms with Crippen LogP contribution in [0.5, 0.6) is 5.75 Å². The van der Waals surface area contributed by atoms with Crippen LogP contribution < -0.4 is 0 Å². The van der Waals surface area contributed by atoms with Gasteiger partial charge in [-0.15, -0.1) is 0 Å². The van der Waals surface area contributed by atoms with E-state index < -0.39 is 5.92 Å². The highest BCUT2D eigenvalue weighted by molar-refractivity contribution is 6.06. The maximum absolute atomic E-state index is 12.4. The van der Waals surface area contributed by atoms with Gasteiger partial charge in [0.2, 0.25) is 11.8 Å². The number of hydrogen-bond donors (Lipinski definition) is 1. The van der Waals surface area contributed by atoms with Crippen molar-refractivity contribution in [2.75, 3.05) is 0 Å². The Bertz CT molecular complexity index is 681. The molecule has 3 rings (SSSR count). The van der Waals surface area contributed by atoms with Gasteiger partial charge in [0.05, 0.1) is 12.5 Å². The summed E-state index contributed by atoms with van der Waals surface area (Å²) in [6.07, 6.45) is 0.210. The van der Waals surface area contributed by atoms with Crippen LogP contribution in [0.1, 0.15) is 23.5 Å². The van der Waals surface area contributed by atoms with Crippen molar-refractivity contribution in [2.24, 2.45) is 0 Å². The lowest BCUT2D eigenvalue weighted by molar-refractivity contribution is -0.139. The molecule has 1 unspecified atom stereocenters. The lowest BCUT2D eigenvalue weighted by Gasteiger charge is -2.15. The van der Waals surface area contributed by atoms with E-state index in [1.807, 2.05) is 30.3 Å². The number of carbonyl (C=O) groups is 2. The molecule has 2 aromatic rings. The van der Waals surface area contributed by atoms with Gasteiger partial charge in [0.25, 0.3) is 0 Å². The quantitative estimate of drug-likeness (QED) is 0.879. The van der Waals surface area contributed by atoms with Crippen LogP contribution in [0.2, 0.25) is 0 Å². The van der Waals surface area contributed by atoms with Crippen molar-refractivity contribution in [3.63, 3.8) is 0 Å². The average Bonchev–Trinajstić information content (AvgIpc) is 2.76. The number of carbonyl (C=O) groups excluding carboxylic acids is 2. The molecule has 106 valence electrons. The predicted octanol–water partition coefficient (Wildman–Crippen LogP) is 2.43. The van der Waals surface area contributed by atoms with Crippen molar-refractivity contribution in [2.45, 2.75) is 18.9 Å². The van der Waals surface area contributed by atoms with Gasteiger partial charge in [-0.3, -0.25) is 14.5 Å². The van der Waals surface area contributed by atoms with E-state index in [4.69, 9.17) is 0 Å². The highest BCUT2D eigenvalue weighted by Crippen LogP contribution is 2.30. The molecular formula is C17H15NO3. The summed E-state index contributed by atoms with van der Waals surface area (Å²) in [4.78, 5) is 25.8. The van der Waals surface area contributed by atoms with Crippen LogP contribution in [-0.4, -0.2) is 21.8 Å². The molecule has 0 saturated carbocycles. The zero-order chi connectivity index (χ0) is 14.8. The molecule has 4 nitrogen and oxygen atoms in total. The second-order valence-corrected chi connectivity index (χ2v) is 5.16. The van der Waals surface area contributed by atoms with Crippen molar-refractivity contribution in [3.8, 4) is 5.75 Å². The van der Waals surface area contributed by atoms with E-state index in [1.165, 1.54) is 4.90 Å². The Kier molecular flexibility index (Phi) is 3.44. The maximum Gasteiger partial charge on any atom is 0.237 e. The van der Waals surface area contributed by atoms with E-state index >= 15 is 0 Å². The molecule has 1 heterocycles. The molecule has 0 spiro atoms. The van der Waals surface area contributed by atoms with Crippen molar-refractivity contribution < 1.29 is 14.7 Å². The number of benzene rings is 2. The zero-order valence-corrected chi connectivity index (χ0v) is 11.4. The van der Waals surface area contributed by atoms with Gasteiger partial charge in [-0.1, -0.05) is 42.5 Å². The summed E-state index contributed by atoms with van der Waals surface area (Å²) in [6.45, 7) is 0.204. The van der Waals surface area contributed by atoms with Crippen LogP contribution in [0.4, 0.5) is 0 Å². The minimum atomic E-state index is -0.393. The molecule has 0 bridgehead atoms. The lowest BCUT2D eigenvalue weighted by Crippen LogP contribution is -2.29. The van der Waals surface area contributed by atoms with E-state index in [2.05, 4.69) is 0 Å². The largest absolute Gasteiger partial charge is 0.508 e. The molecule has 1 atom stereocenters. The number of phenols is 1. The van der Waals surface area contributed by atoms with Gasteiger partial charge >= 0.3 is 0 Å². The minimum absolute atomic E-state index is 0.131. The Morgan fingerprint density at radius 1 is 1.05 bits per heavy atom. The second kappa shape index (κ2) is 5.40. The SMILES string of the molecule is O=C1CC(c2ccccc2)C(=O)N1Cc1cccc(O)c1. The van der Waals surface area contributed by atoms with E-state index in [-0.39, 0.29) is 30.5 Å². The first kappa shape index (κ1) is 13.4. The van der Waals surface area contributed by atoms with Gasteiger partial charge < -0.3 is 5.11 Å². The third kappa shape index (κ3) is 2.65. The zero-order valence-electron chi connectivity index (χ0n) is 11.4. The molecule has 0 radical (unpaired) electrons. The fraction of sp³-hybridized carbons (Fsp3) is 0.176. The van der Waals surface area contributed by atoms with E-state index in [0.29, 0.717) is 0 Å². The molecule has 21 heavy (non-hydrogen) atoms. The van der Waals surface area contributed by atoms with E-state index in [1.54, 1.807) is 24.3 Å². The molecule has 2 amide bonds. The predicted molar refractivity (Wildman–Crippen MR) is 77.5 cm³/mol. The summed E-state index contributed by atoms with van der Waals surface area (Å²) in [5.74, 6) is -0.603. The fourth-order valence-electron chi connectivity index (χ4n) is 2.63. The van der Waals surface area contributed by atoms with Crippen molar-refractivity contribution in [1.29, 1.82) is 0 Å². The molecule has 1 aliphatic rings. The molecule has 0 aromatic heterocycles. The number of amides is 2. The third-order valence-electron chi connectivity index (χ3n) is 3.70. The van der Waals surface area contributed by atoms with Crippen molar-refractivity contribution >= 4 is 11.8 Å². The van der Waals surface area contributed by atoms with Crippen LogP contribution in [0, 0.1) is 0 Å². The summed E-state index contributed by atoms with van der Waals surface area (Å²) in [7, 11) is 0. The van der Waals surface area contributed by atoms with E-state index in [9.17, 15) is 14.7 Å². The maximum atomic E-state index is 12.4. The average molecular weight is 281 g/mol. The first-order valence-corrected chi connectivity index (χ1v) is 6.82. The number of phenolic OH excluding ortho intramolecular Hbond substituents is 1. The van der Waals surface area contributed by atoms with Crippen LogP contribution in [0.25, 0.3) is 0 Å². The molecular weight excluding hydrogens is 266 g/mol. The van der Waals surface area contributed by atoms with Gasteiger partial charge in [-0.25, -0.2) is 0 Å². The number of likely N-dealkylation sites (tertiary alicyclic amines) is 1. The van der Waals surface area contributed by atoms with E-state index in [0.717, 1.165) is 11.1 Å². The number of hydrogen-bond acceptors (Lipinski definition) is 3. The molecule has 1 N–H and O–H groups in total. The Labute approximate surface area is 122 Å². The topological polar surface area (TPSA) is 57.6 Å². The number of aromatic hydroxyl groups is 1. The molecule has 2 aromatic carbocycles. The van der Waals surface area contributed by atoms with Gasteiger partial charge in [-0.2, -0.15) is 0 Å². The van der Waals surface area contributed by atoms with Gasteiger partial charge in [-0.05, 0) is 23.3 Å². The Hall–Kier alpha value is -2.62. The van der Waals surface area contributed by atoms with Crippen LogP contribution in [-0.2, 0) is 16.1 Å². The van der Waals surface area contributed by atoms with Gasteiger partial charge in [0.15, 0.2) is 0 Å². The molecule has 1 fully saturated rings. The fourth-order valence-corrected chi connectivity index (χ4v) is 2.63. The van der Waals surface area contributed by atoms with Gasteiger partial charge in [0, 0.05) is 6.42 Å². The third-order valence-corrected chi connectivity index (χ3v) is 3.70. The number of imide groups is 1. The number of nitrogens with zero attached hydrogens (tertiary/aromatic N) is 1. The van der Waals surface area contributed by atoms with Crippen LogP contribution >= 0.6 is 0 Å². The first-order chi connectivity index (χ1) is 10.1. The van der Waals surface area contributed by atoms with Gasteiger partial charge in [0.1, 0.15) is 5.75 Å². The smallest absolute Gasteiger partial charge is 0.237 e. The standard InChI is InChI=1S/C17H15NO3/c19-14-8-4-5-12(9-14)11-18-16(20)10-15(17(18)21)13-6-2-1-3-7-13/h1-9,15,19H,10-11H2. The Morgan fingerprint density at radius 3 is 2.52 bits per heavy atom. The molecule has 0 aliphatic carbocycles. The monoisotopic (exact) mass is 281 g/mol. The summed E-state index contributed by atoms with van der Waals surface area (Å²) in [5.41, 5.74) is 1.61. The summed E-state index contributed by atoms with van der Waals surface area (Å²) >= 11 is 0. The summed E-state index contributed by atoms with van der Waals surface area (Å²) in [5, 5.41) is 9.46. The van der Waals surface area contributed by atoms with Crippen molar-refractivity contribution in [1.82, 2.24) is 4.90 Å².